The molecular weight excluding hydrogens is 257 g/mol. The molecule has 0 radical (unpaired) electrons. The molecule has 19 heavy (non-hydrogen) atoms. The van der Waals surface area contributed by atoms with Crippen LogP contribution in [0.2, 0.25) is 0 Å². The topological polar surface area (TPSA) is 119 Å². The van der Waals surface area contributed by atoms with E-state index in [1.54, 1.807) is 0 Å². The number of halogens is 1. The van der Waals surface area contributed by atoms with Crippen LogP contribution >= 0.6 is 0 Å². The number of ether oxygens (including phenoxy) is 1. The smallest absolute Gasteiger partial charge is 0.312 e. The van der Waals surface area contributed by atoms with Gasteiger partial charge in [-0.1, -0.05) is 0 Å². The first-order chi connectivity index (χ1) is 9.10. The number of hydrogen-bond acceptors (Lipinski definition) is 7. The zero-order chi connectivity index (χ0) is 13.6. The third kappa shape index (κ3) is 1.91. The summed E-state index contributed by atoms with van der Waals surface area (Å²) in [6.07, 6.45) is -1.43. The Bertz CT molecular complexity index is 618. The van der Waals surface area contributed by atoms with Gasteiger partial charge in [-0.25, -0.2) is 4.98 Å². The van der Waals surface area contributed by atoms with E-state index in [9.17, 15) is 9.50 Å². The summed E-state index contributed by atoms with van der Waals surface area (Å²) >= 11 is 0. The van der Waals surface area contributed by atoms with Gasteiger partial charge in [-0.05, 0) is 0 Å². The van der Waals surface area contributed by atoms with Crippen LogP contribution in [0.5, 0.6) is 0 Å². The van der Waals surface area contributed by atoms with Crippen molar-refractivity contribution in [3.8, 4) is 0 Å². The van der Waals surface area contributed by atoms with Crippen molar-refractivity contribution in [2.45, 2.75) is 24.9 Å². The van der Waals surface area contributed by atoms with E-state index in [2.05, 4.69) is 15.0 Å². The lowest BCUT2D eigenvalue weighted by Crippen LogP contribution is -2.19. The molecule has 0 bridgehead atoms. The summed E-state index contributed by atoms with van der Waals surface area (Å²) in [4.78, 5) is 11.0. The highest BCUT2D eigenvalue weighted by atomic mass is 19.1. The third-order valence-electron chi connectivity index (χ3n) is 3.06. The number of nitrogen functional groups attached to an aromatic ring is 1. The van der Waals surface area contributed by atoms with Crippen LogP contribution in [-0.2, 0) is 4.74 Å². The van der Waals surface area contributed by atoms with Crippen LogP contribution in [-0.4, -0.2) is 48.5 Å². The van der Waals surface area contributed by atoms with Crippen LogP contribution in [0.15, 0.2) is 6.33 Å². The summed E-state index contributed by atoms with van der Waals surface area (Å²) in [6.45, 7) is -0.203. The molecule has 1 aliphatic rings. The number of nitrogens with zero attached hydrogens (tertiary/aromatic N) is 4. The van der Waals surface area contributed by atoms with Gasteiger partial charge in [0.1, 0.15) is 6.10 Å². The number of hydrogen-bond donors (Lipinski definition) is 3. The molecule has 0 spiro atoms. The van der Waals surface area contributed by atoms with E-state index < -0.39 is 24.5 Å². The number of fused-ring (bicyclic) bond motifs is 1. The predicted octanol–water partition coefficient (Wildman–Crippen LogP) is -0.812. The van der Waals surface area contributed by atoms with E-state index in [0.717, 1.165) is 0 Å². The number of nitrogens with two attached hydrogens (primary N) is 1. The molecule has 0 amide bonds. The normalized spacial score (nSPS) is 27.2. The monoisotopic (exact) mass is 269 g/mol. The molecule has 8 nitrogen and oxygen atoms in total. The molecule has 1 unspecified atom stereocenters. The lowest BCUT2D eigenvalue weighted by molar-refractivity contribution is -0.0487. The molecule has 4 N–H and O–H groups in total. The maximum absolute atomic E-state index is 13.2. The van der Waals surface area contributed by atoms with Crippen LogP contribution in [0.3, 0.4) is 0 Å². The summed E-state index contributed by atoms with van der Waals surface area (Å²) in [5.41, 5.74) is 5.93. The van der Waals surface area contributed by atoms with Crippen LogP contribution in [0.1, 0.15) is 12.6 Å². The summed E-state index contributed by atoms with van der Waals surface area (Å²) in [5, 5.41) is 18.9. The zero-order valence-corrected chi connectivity index (χ0v) is 9.77. The Labute approximate surface area is 106 Å². The van der Waals surface area contributed by atoms with Crippen molar-refractivity contribution in [3.63, 3.8) is 0 Å². The molecule has 3 heterocycles. The number of aromatic nitrogens is 4. The molecule has 3 atom stereocenters. The van der Waals surface area contributed by atoms with Crippen molar-refractivity contribution in [2.75, 3.05) is 12.3 Å². The van der Waals surface area contributed by atoms with E-state index in [-0.39, 0.29) is 30.0 Å². The summed E-state index contributed by atoms with van der Waals surface area (Å²) < 4.78 is 20.0. The van der Waals surface area contributed by atoms with Crippen LogP contribution in [0.25, 0.3) is 11.2 Å². The predicted molar refractivity (Wildman–Crippen MR) is 61.3 cm³/mol. The molecule has 0 aliphatic carbocycles. The van der Waals surface area contributed by atoms with Crippen LogP contribution < -0.4 is 5.73 Å². The number of anilines is 1. The minimum absolute atomic E-state index is 0.0764. The minimum atomic E-state index is -0.974. The van der Waals surface area contributed by atoms with Gasteiger partial charge in [0.2, 0.25) is 0 Å². The van der Waals surface area contributed by atoms with Crippen molar-refractivity contribution in [2.24, 2.45) is 0 Å². The molecule has 2 aromatic rings. The van der Waals surface area contributed by atoms with Gasteiger partial charge in [-0.15, -0.1) is 0 Å². The van der Waals surface area contributed by atoms with E-state index in [1.807, 2.05) is 0 Å². The van der Waals surface area contributed by atoms with Crippen molar-refractivity contribution >= 4 is 17.0 Å². The molecule has 1 fully saturated rings. The summed E-state index contributed by atoms with van der Waals surface area (Å²) in [6, 6.07) is 0. The number of aliphatic hydroxyl groups excluding tert-OH is 2. The van der Waals surface area contributed by atoms with Crippen molar-refractivity contribution in [3.05, 3.63) is 12.4 Å². The summed E-state index contributed by atoms with van der Waals surface area (Å²) in [7, 11) is 0. The largest absolute Gasteiger partial charge is 0.394 e. The Morgan fingerprint density at radius 1 is 1.53 bits per heavy atom. The Hall–Kier alpha value is -1.84. The third-order valence-corrected chi connectivity index (χ3v) is 3.06. The average Bonchev–Trinajstić information content (AvgIpc) is 2.92. The number of rotatable bonds is 2. The minimum Gasteiger partial charge on any atom is -0.394 e. The molecule has 0 aromatic carbocycles. The van der Waals surface area contributed by atoms with Gasteiger partial charge in [0.25, 0.3) is 0 Å². The second kappa shape index (κ2) is 4.37. The molecule has 2 aromatic heterocycles. The maximum Gasteiger partial charge on any atom is 0.312 e. The molecular formula is C10H12FN5O3. The SMILES string of the molecule is Nc1nc(F)nc2c1ncn2[C@@H]1O[C@H](CO)CC1O. The second-order valence-electron chi connectivity index (χ2n) is 4.34. The van der Waals surface area contributed by atoms with Gasteiger partial charge in [0.05, 0.1) is 19.0 Å². The van der Waals surface area contributed by atoms with Gasteiger partial charge in [-0.3, -0.25) is 4.57 Å². The molecule has 9 heteroatoms. The molecule has 1 saturated heterocycles. The van der Waals surface area contributed by atoms with Crippen LogP contribution in [0.4, 0.5) is 10.2 Å². The van der Waals surface area contributed by atoms with Crippen LogP contribution in [0, 0.1) is 6.08 Å². The highest BCUT2D eigenvalue weighted by molar-refractivity contribution is 5.81. The lowest BCUT2D eigenvalue weighted by atomic mass is 10.2. The highest BCUT2D eigenvalue weighted by Gasteiger charge is 2.36. The average molecular weight is 269 g/mol. The zero-order valence-electron chi connectivity index (χ0n) is 9.77. The first-order valence-corrected chi connectivity index (χ1v) is 5.70. The van der Waals surface area contributed by atoms with Crippen molar-refractivity contribution < 1.29 is 19.3 Å². The standard InChI is InChI=1S/C10H12FN5O3/c11-10-14-7(12)6-8(15-10)16(3-13-6)9-5(18)1-4(2-17)19-9/h3-5,9,17-18H,1-2H2,(H2,12,14,15)/t4-,5?,9+/m0/s1. The van der Waals surface area contributed by atoms with Gasteiger partial charge in [-0.2, -0.15) is 14.4 Å². The fourth-order valence-electron chi connectivity index (χ4n) is 2.19. The quantitative estimate of drug-likeness (QED) is 0.610. The fraction of sp³-hybridized carbons (Fsp3) is 0.500. The van der Waals surface area contributed by atoms with E-state index in [1.165, 1.54) is 10.9 Å². The summed E-state index contributed by atoms with van der Waals surface area (Å²) in [5.74, 6) is -0.0764. The molecule has 3 rings (SSSR count). The Balaban J connectivity index is 2.06. The van der Waals surface area contributed by atoms with E-state index in [4.69, 9.17) is 15.6 Å². The maximum atomic E-state index is 13.2. The van der Waals surface area contributed by atoms with Crippen molar-refractivity contribution in [1.82, 2.24) is 19.5 Å². The first kappa shape index (κ1) is 12.2. The molecule has 0 saturated carbocycles. The van der Waals surface area contributed by atoms with Gasteiger partial charge in [0, 0.05) is 6.42 Å². The van der Waals surface area contributed by atoms with E-state index >= 15 is 0 Å². The highest BCUT2D eigenvalue weighted by Crippen LogP contribution is 2.31. The van der Waals surface area contributed by atoms with Gasteiger partial charge in [0.15, 0.2) is 23.2 Å². The second-order valence-corrected chi connectivity index (χ2v) is 4.34. The fourth-order valence-corrected chi connectivity index (χ4v) is 2.19. The Morgan fingerprint density at radius 2 is 2.32 bits per heavy atom. The molecule has 1 aliphatic heterocycles. The number of imidazole rings is 1. The lowest BCUT2D eigenvalue weighted by Gasteiger charge is -2.16. The van der Waals surface area contributed by atoms with Gasteiger partial charge >= 0.3 is 6.08 Å². The van der Waals surface area contributed by atoms with Gasteiger partial charge < -0.3 is 20.7 Å². The Morgan fingerprint density at radius 3 is 3.00 bits per heavy atom. The Kier molecular flexibility index (Phi) is 2.81. The molecule has 102 valence electrons. The van der Waals surface area contributed by atoms with E-state index in [0.29, 0.717) is 0 Å². The number of aliphatic hydroxyl groups is 2. The first-order valence-electron chi connectivity index (χ1n) is 5.70. The van der Waals surface area contributed by atoms with Crippen molar-refractivity contribution in [1.29, 1.82) is 0 Å².